The smallest absolute Gasteiger partial charge is 0.287 e. The summed E-state index contributed by atoms with van der Waals surface area (Å²) < 4.78 is 11.6. The molecule has 1 atom stereocenters. The number of piperidine rings is 1. The summed E-state index contributed by atoms with van der Waals surface area (Å²) in [5, 5.41) is 3.45. The lowest BCUT2D eigenvalue weighted by Gasteiger charge is -2.33. The fourth-order valence-corrected chi connectivity index (χ4v) is 4.08. The molecule has 1 N–H and O–H groups in total. The highest BCUT2D eigenvalue weighted by Gasteiger charge is 2.26. The Morgan fingerprint density at radius 1 is 1.10 bits per heavy atom. The average molecular weight is 408 g/mol. The fraction of sp³-hybridized carbons (Fsp3) is 0.417. The summed E-state index contributed by atoms with van der Waals surface area (Å²) in [5.74, 6) is 1.34. The van der Waals surface area contributed by atoms with E-state index in [9.17, 15) is 9.59 Å². The molecule has 1 aliphatic rings. The van der Waals surface area contributed by atoms with Gasteiger partial charge >= 0.3 is 0 Å². The van der Waals surface area contributed by atoms with Gasteiger partial charge in [0.2, 0.25) is 0 Å². The lowest BCUT2D eigenvalue weighted by Crippen LogP contribution is -2.40. The Morgan fingerprint density at radius 3 is 2.60 bits per heavy atom. The molecule has 6 nitrogen and oxygen atoms in total. The topological polar surface area (TPSA) is 75.7 Å². The molecule has 30 heavy (non-hydrogen) atoms. The number of benzene rings is 1. The van der Waals surface area contributed by atoms with Crippen molar-refractivity contribution in [1.29, 1.82) is 0 Å². The number of hydrogen-bond acceptors (Lipinski definition) is 5. The van der Waals surface area contributed by atoms with Crippen molar-refractivity contribution in [3.05, 3.63) is 69.5 Å². The van der Waals surface area contributed by atoms with Crippen molar-refractivity contribution in [2.45, 2.75) is 45.6 Å². The molecule has 0 aliphatic carbocycles. The Balaban J connectivity index is 1.53. The number of amides is 1. The molecule has 158 valence electrons. The standard InChI is InChI=1S/C24H28N2O4/c1-3-17-8-10-21-18(13-17)20(27)14-23(30-21)24(28)25-15-19(22-9-7-16(2)29-22)26-11-5-4-6-12-26/h7-10,13-14,19H,3-6,11-12,15H2,1-2H3,(H,25,28)/t19-/m0/s1. The van der Waals surface area contributed by atoms with Gasteiger partial charge in [-0.25, -0.2) is 0 Å². The monoisotopic (exact) mass is 408 g/mol. The van der Waals surface area contributed by atoms with E-state index in [-0.39, 0.29) is 23.1 Å². The van der Waals surface area contributed by atoms with Gasteiger partial charge < -0.3 is 14.2 Å². The number of fused-ring (bicyclic) bond motifs is 1. The van der Waals surface area contributed by atoms with E-state index in [0.29, 0.717) is 17.5 Å². The Morgan fingerprint density at radius 2 is 1.90 bits per heavy atom. The first-order chi connectivity index (χ1) is 14.5. The van der Waals surface area contributed by atoms with Gasteiger partial charge in [-0.05, 0) is 69.1 Å². The Kier molecular flexibility index (Phi) is 6.04. The zero-order chi connectivity index (χ0) is 21.1. The quantitative estimate of drug-likeness (QED) is 0.661. The van der Waals surface area contributed by atoms with Crippen LogP contribution in [0, 0.1) is 6.92 Å². The number of carbonyl (C=O) groups is 1. The third-order valence-electron chi connectivity index (χ3n) is 5.80. The molecule has 2 aromatic heterocycles. The highest BCUT2D eigenvalue weighted by molar-refractivity contribution is 5.93. The van der Waals surface area contributed by atoms with Crippen LogP contribution in [0.25, 0.3) is 11.0 Å². The molecule has 1 saturated heterocycles. The van der Waals surface area contributed by atoms with E-state index >= 15 is 0 Å². The first-order valence-corrected chi connectivity index (χ1v) is 10.7. The normalized spacial score (nSPS) is 15.9. The molecule has 4 rings (SSSR count). The fourth-order valence-electron chi connectivity index (χ4n) is 4.08. The van der Waals surface area contributed by atoms with Crippen LogP contribution in [0.2, 0.25) is 0 Å². The minimum atomic E-state index is -0.390. The van der Waals surface area contributed by atoms with Crippen molar-refractivity contribution >= 4 is 16.9 Å². The number of hydrogen-bond donors (Lipinski definition) is 1. The van der Waals surface area contributed by atoms with Crippen LogP contribution in [-0.2, 0) is 6.42 Å². The number of carbonyl (C=O) groups excluding carboxylic acids is 1. The third-order valence-corrected chi connectivity index (χ3v) is 5.80. The van der Waals surface area contributed by atoms with Crippen LogP contribution < -0.4 is 10.7 Å². The van der Waals surface area contributed by atoms with E-state index in [1.54, 1.807) is 6.07 Å². The molecular weight excluding hydrogens is 380 g/mol. The molecule has 1 fully saturated rings. The predicted molar refractivity (Wildman–Crippen MR) is 116 cm³/mol. The number of nitrogens with zero attached hydrogens (tertiary/aromatic N) is 1. The zero-order valence-electron chi connectivity index (χ0n) is 17.6. The third kappa shape index (κ3) is 4.33. The van der Waals surface area contributed by atoms with Gasteiger partial charge in [-0.1, -0.05) is 19.4 Å². The second-order valence-corrected chi connectivity index (χ2v) is 7.93. The highest BCUT2D eigenvalue weighted by Crippen LogP contribution is 2.26. The van der Waals surface area contributed by atoms with Gasteiger partial charge in [-0.3, -0.25) is 14.5 Å². The summed E-state index contributed by atoms with van der Waals surface area (Å²) in [6.45, 7) is 6.30. The average Bonchev–Trinajstić information content (AvgIpc) is 3.20. The number of furan rings is 1. The van der Waals surface area contributed by atoms with Crippen molar-refractivity contribution in [3.63, 3.8) is 0 Å². The van der Waals surface area contributed by atoms with E-state index in [0.717, 1.165) is 49.4 Å². The summed E-state index contributed by atoms with van der Waals surface area (Å²) in [7, 11) is 0. The lowest BCUT2D eigenvalue weighted by molar-refractivity contribution is 0.0887. The van der Waals surface area contributed by atoms with Gasteiger partial charge in [0.05, 0.1) is 11.4 Å². The first-order valence-electron chi connectivity index (χ1n) is 10.7. The maximum atomic E-state index is 12.8. The van der Waals surface area contributed by atoms with Crippen LogP contribution in [0.15, 0.2) is 50.0 Å². The van der Waals surface area contributed by atoms with Gasteiger partial charge in [-0.2, -0.15) is 0 Å². The minimum Gasteiger partial charge on any atom is -0.465 e. The highest BCUT2D eigenvalue weighted by atomic mass is 16.3. The Bertz CT molecular complexity index is 1090. The summed E-state index contributed by atoms with van der Waals surface area (Å²) in [5.41, 5.74) is 1.29. The van der Waals surface area contributed by atoms with E-state index < -0.39 is 0 Å². The largest absolute Gasteiger partial charge is 0.465 e. The van der Waals surface area contributed by atoms with Gasteiger partial charge in [-0.15, -0.1) is 0 Å². The zero-order valence-corrected chi connectivity index (χ0v) is 17.6. The van der Waals surface area contributed by atoms with Gasteiger partial charge in [0.15, 0.2) is 11.2 Å². The second-order valence-electron chi connectivity index (χ2n) is 7.93. The van der Waals surface area contributed by atoms with Crippen molar-refractivity contribution in [2.24, 2.45) is 0 Å². The van der Waals surface area contributed by atoms with Crippen molar-refractivity contribution in [1.82, 2.24) is 10.2 Å². The summed E-state index contributed by atoms with van der Waals surface area (Å²) in [4.78, 5) is 27.7. The predicted octanol–water partition coefficient (Wildman–Crippen LogP) is 4.21. The van der Waals surface area contributed by atoms with Crippen LogP contribution in [0.3, 0.4) is 0 Å². The molecule has 0 spiro atoms. The molecule has 3 aromatic rings. The van der Waals surface area contributed by atoms with Crippen LogP contribution in [0.4, 0.5) is 0 Å². The molecule has 6 heteroatoms. The molecule has 0 unspecified atom stereocenters. The van der Waals surface area contributed by atoms with Gasteiger partial charge in [0.1, 0.15) is 17.1 Å². The summed E-state index contributed by atoms with van der Waals surface area (Å²) >= 11 is 0. The number of aryl methyl sites for hydroxylation is 2. The molecule has 0 saturated carbocycles. The molecule has 1 aromatic carbocycles. The van der Waals surface area contributed by atoms with Crippen LogP contribution >= 0.6 is 0 Å². The number of likely N-dealkylation sites (tertiary alicyclic amines) is 1. The van der Waals surface area contributed by atoms with Crippen LogP contribution in [0.5, 0.6) is 0 Å². The molecule has 3 heterocycles. The van der Waals surface area contributed by atoms with E-state index in [4.69, 9.17) is 8.83 Å². The van der Waals surface area contributed by atoms with E-state index in [1.807, 2.05) is 38.1 Å². The van der Waals surface area contributed by atoms with Crippen LogP contribution in [0.1, 0.15) is 59.9 Å². The number of nitrogens with one attached hydrogen (secondary N) is 1. The SMILES string of the molecule is CCc1ccc2oc(C(=O)NC[C@@H](c3ccc(C)o3)N3CCCCC3)cc(=O)c2c1. The Labute approximate surface area is 175 Å². The first kappa shape index (κ1) is 20.4. The lowest BCUT2D eigenvalue weighted by atomic mass is 10.1. The maximum absolute atomic E-state index is 12.8. The van der Waals surface area contributed by atoms with Crippen LogP contribution in [-0.4, -0.2) is 30.4 Å². The molecule has 1 aliphatic heterocycles. The van der Waals surface area contributed by atoms with E-state index in [2.05, 4.69) is 10.2 Å². The van der Waals surface area contributed by atoms with Gasteiger partial charge in [0.25, 0.3) is 5.91 Å². The molecular formula is C24H28N2O4. The molecule has 0 bridgehead atoms. The maximum Gasteiger partial charge on any atom is 0.287 e. The minimum absolute atomic E-state index is 0.0322. The summed E-state index contributed by atoms with van der Waals surface area (Å²) in [6.07, 6.45) is 4.35. The number of rotatable bonds is 6. The van der Waals surface area contributed by atoms with E-state index in [1.165, 1.54) is 12.5 Å². The molecule has 0 radical (unpaired) electrons. The van der Waals surface area contributed by atoms with Crippen molar-refractivity contribution in [3.8, 4) is 0 Å². The van der Waals surface area contributed by atoms with Gasteiger partial charge in [0, 0.05) is 12.6 Å². The Hall–Kier alpha value is -2.86. The van der Waals surface area contributed by atoms with Crippen molar-refractivity contribution < 1.29 is 13.6 Å². The molecule has 1 amide bonds. The second kappa shape index (κ2) is 8.88. The van der Waals surface area contributed by atoms with Crippen molar-refractivity contribution in [2.75, 3.05) is 19.6 Å². The summed E-state index contributed by atoms with van der Waals surface area (Å²) in [6, 6.07) is 10.7.